The lowest BCUT2D eigenvalue weighted by molar-refractivity contribution is 0.0748. The molecule has 0 radical (unpaired) electrons. The number of hydrogen-bond donors (Lipinski definition) is 0. The van der Waals surface area contributed by atoms with Gasteiger partial charge < -0.3 is 9.80 Å². The van der Waals surface area contributed by atoms with Crippen LogP contribution < -0.4 is 4.90 Å². The summed E-state index contributed by atoms with van der Waals surface area (Å²) in [5.41, 5.74) is 4.70. The van der Waals surface area contributed by atoms with Gasteiger partial charge in [0, 0.05) is 31.9 Å². The van der Waals surface area contributed by atoms with Gasteiger partial charge in [-0.15, -0.1) is 0 Å². The number of rotatable bonds is 2. The van der Waals surface area contributed by atoms with E-state index in [0.717, 1.165) is 43.4 Å². The van der Waals surface area contributed by atoms with E-state index in [2.05, 4.69) is 44.8 Å². The van der Waals surface area contributed by atoms with Crippen LogP contribution in [-0.2, 0) is 0 Å². The van der Waals surface area contributed by atoms with Gasteiger partial charge in [-0.05, 0) is 30.7 Å². The molecule has 0 N–H and O–H groups in total. The molecule has 4 rings (SSSR count). The molecule has 1 saturated heterocycles. The summed E-state index contributed by atoms with van der Waals surface area (Å²) in [4.78, 5) is 17.1. The molecule has 1 amide bonds. The van der Waals surface area contributed by atoms with Gasteiger partial charge >= 0.3 is 0 Å². The largest absolute Gasteiger partial charge is 0.368 e. The molecule has 2 aromatic carbocycles. The highest BCUT2D eigenvalue weighted by molar-refractivity contribution is 7.00. The van der Waals surface area contributed by atoms with Crippen LogP contribution in [0.15, 0.2) is 42.5 Å². The summed E-state index contributed by atoms with van der Waals surface area (Å²) in [6, 6.07) is 14.0. The number of piperazine rings is 1. The second-order valence-corrected chi connectivity index (χ2v) is 6.53. The number of amides is 1. The lowest BCUT2D eigenvalue weighted by Crippen LogP contribution is -2.49. The lowest BCUT2D eigenvalue weighted by Gasteiger charge is -2.36. The minimum Gasteiger partial charge on any atom is -0.368 e. The highest BCUT2D eigenvalue weighted by Gasteiger charge is 2.24. The Bertz CT molecular complexity index is 883. The highest BCUT2D eigenvalue weighted by Crippen LogP contribution is 2.23. The van der Waals surface area contributed by atoms with Crippen molar-refractivity contribution >= 4 is 34.4 Å². The normalized spacial score (nSPS) is 15.0. The maximum Gasteiger partial charge on any atom is 0.256 e. The van der Waals surface area contributed by atoms with Gasteiger partial charge in [0.2, 0.25) is 0 Å². The summed E-state index contributed by atoms with van der Waals surface area (Å²) in [6.45, 7) is 5.27. The SMILES string of the molecule is Cc1ccccc1N1CCN(C(=O)c2cccc3nsnc23)CC1. The maximum absolute atomic E-state index is 12.9. The Balaban J connectivity index is 1.51. The molecule has 0 saturated carbocycles. The summed E-state index contributed by atoms with van der Waals surface area (Å²) in [5, 5.41) is 0. The summed E-state index contributed by atoms with van der Waals surface area (Å²) in [7, 11) is 0. The van der Waals surface area contributed by atoms with Crippen molar-refractivity contribution in [3.05, 3.63) is 53.6 Å². The van der Waals surface area contributed by atoms with Crippen molar-refractivity contribution in [3.8, 4) is 0 Å². The van der Waals surface area contributed by atoms with Crippen LogP contribution >= 0.6 is 11.7 Å². The van der Waals surface area contributed by atoms with Crippen LogP contribution in [0.3, 0.4) is 0 Å². The number of aryl methyl sites for hydroxylation is 1. The molecule has 0 unspecified atom stereocenters. The average Bonchev–Trinajstić information content (AvgIpc) is 3.10. The summed E-state index contributed by atoms with van der Waals surface area (Å²) >= 11 is 1.15. The van der Waals surface area contributed by atoms with Crippen LogP contribution in [0.5, 0.6) is 0 Å². The molecule has 0 bridgehead atoms. The summed E-state index contributed by atoms with van der Waals surface area (Å²) in [5.74, 6) is 0.0535. The van der Waals surface area contributed by atoms with E-state index >= 15 is 0 Å². The van der Waals surface area contributed by atoms with Gasteiger partial charge in [-0.3, -0.25) is 4.79 Å². The van der Waals surface area contributed by atoms with Crippen molar-refractivity contribution < 1.29 is 4.79 Å². The number of hydrogen-bond acceptors (Lipinski definition) is 5. The van der Waals surface area contributed by atoms with E-state index in [4.69, 9.17) is 0 Å². The standard InChI is InChI=1S/C18H18N4OS/c1-13-5-2-3-8-16(13)21-9-11-22(12-10-21)18(23)14-6-4-7-15-17(14)20-24-19-15/h2-8H,9-12H2,1H3. The van der Waals surface area contributed by atoms with E-state index in [9.17, 15) is 4.79 Å². The number of anilines is 1. The number of carbonyl (C=O) groups excluding carboxylic acids is 1. The molecular formula is C18H18N4OS. The highest BCUT2D eigenvalue weighted by atomic mass is 32.1. The van der Waals surface area contributed by atoms with E-state index in [1.807, 2.05) is 23.1 Å². The molecule has 122 valence electrons. The Kier molecular flexibility index (Phi) is 3.90. The molecule has 0 aliphatic carbocycles. The predicted molar refractivity (Wildman–Crippen MR) is 96.7 cm³/mol. The van der Waals surface area contributed by atoms with Gasteiger partial charge in [-0.1, -0.05) is 24.3 Å². The first kappa shape index (κ1) is 15.1. The quantitative estimate of drug-likeness (QED) is 0.721. The number of benzene rings is 2. The van der Waals surface area contributed by atoms with E-state index in [-0.39, 0.29) is 5.91 Å². The van der Waals surface area contributed by atoms with Crippen molar-refractivity contribution in [2.45, 2.75) is 6.92 Å². The molecule has 0 atom stereocenters. The Morgan fingerprint density at radius 1 is 1.00 bits per heavy atom. The van der Waals surface area contributed by atoms with Crippen molar-refractivity contribution in [1.82, 2.24) is 13.6 Å². The Morgan fingerprint density at radius 3 is 2.58 bits per heavy atom. The van der Waals surface area contributed by atoms with Crippen molar-refractivity contribution in [2.75, 3.05) is 31.1 Å². The molecule has 1 fully saturated rings. The molecule has 0 spiro atoms. The Hall–Kier alpha value is -2.47. The molecule has 1 aliphatic heterocycles. The van der Waals surface area contributed by atoms with Crippen molar-refractivity contribution in [2.24, 2.45) is 0 Å². The van der Waals surface area contributed by atoms with Gasteiger partial charge in [0.05, 0.1) is 17.3 Å². The Labute approximate surface area is 144 Å². The van der Waals surface area contributed by atoms with Gasteiger partial charge in [0.1, 0.15) is 11.0 Å². The molecule has 1 aliphatic rings. The minimum atomic E-state index is 0.0535. The van der Waals surface area contributed by atoms with Crippen LogP contribution in [0, 0.1) is 6.92 Å². The van der Waals surface area contributed by atoms with Crippen molar-refractivity contribution in [3.63, 3.8) is 0 Å². The molecule has 5 nitrogen and oxygen atoms in total. The van der Waals surface area contributed by atoms with E-state index in [1.165, 1.54) is 11.3 Å². The Morgan fingerprint density at radius 2 is 1.79 bits per heavy atom. The third kappa shape index (κ3) is 2.63. The van der Waals surface area contributed by atoms with E-state index in [0.29, 0.717) is 11.1 Å². The fourth-order valence-electron chi connectivity index (χ4n) is 3.22. The number of para-hydroxylation sites is 1. The van der Waals surface area contributed by atoms with Gasteiger partial charge in [0.15, 0.2) is 0 Å². The van der Waals surface area contributed by atoms with E-state index in [1.54, 1.807) is 0 Å². The molecule has 2 heterocycles. The maximum atomic E-state index is 12.9. The molecule has 3 aromatic rings. The van der Waals surface area contributed by atoms with Gasteiger partial charge in [-0.25, -0.2) is 0 Å². The number of nitrogens with zero attached hydrogens (tertiary/aromatic N) is 4. The molecule has 6 heteroatoms. The van der Waals surface area contributed by atoms with Crippen LogP contribution in [0.2, 0.25) is 0 Å². The molecular weight excluding hydrogens is 320 g/mol. The van der Waals surface area contributed by atoms with E-state index < -0.39 is 0 Å². The second-order valence-electron chi connectivity index (χ2n) is 6.00. The van der Waals surface area contributed by atoms with Crippen molar-refractivity contribution in [1.29, 1.82) is 0 Å². The first-order valence-electron chi connectivity index (χ1n) is 8.05. The average molecular weight is 338 g/mol. The fourth-order valence-corrected chi connectivity index (χ4v) is 3.77. The van der Waals surface area contributed by atoms with Gasteiger partial charge in [-0.2, -0.15) is 8.75 Å². The van der Waals surface area contributed by atoms with Crippen LogP contribution in [-0.4, -0.2) is 45.7 Å². The smallest absolute Gasteiger partial charge is 0.256 e. The predicted octanol–water partition coefficient (Wildman–Crippen LogP) is 2.96. The zero-order chi connectivity index (χ0) is 16.5. The first-order chi connectivity index (χ1) is 11.7. The fraction of sp³-hybridized carbons (Fsp3) is 0.278. The lowest BCUT2D eigenvalue weighted by atomic mass is 10.1. The topological polar surface area (TPSA) is 49.3 Å². The second kappa shape index (κ2) is 6.20. The number of aromatic nitrogens is 2. The third-order valence-electron chi connectivity index (χ3n) is 4.54. The monoisotopic (exact) mass is 338 g/mol. The van der Waals surface area contributed by atoms with Crippen LogP contribution in [0.25, 0.3) is 11.0 Å². The zero-order valence-corrected chi connectivity index (χ0v) is 14.3. The first-order valence-corrected chi connectivity index (χ1v) is 8.78. The van der Waals surface area contributed by atoms with Crippen LogP contribution in [0.1, 0.15) is 15.9 Å². The number of carbonyl (C=O) groups is 1. The zero-order valence-electron chi connectivity index (χ0n) is 13.5. The summed E-state index contributed by atoms with van der Waals surface area (Å²) in [6.07, 6.45) is 0. The molecule has 1 aromatic heterocycles. The minimum absolute atomic E-state index is 0.0535. The number of fused-ring (bicyclic) bond motifs is 1. The van der Waals surface area contributed by atoms with Crippen LogP contribution in [0.4, 0.5) is 5.69 Å². The summed E-state index contributed by atoms with van der Waals surface area (Å²) < 4.78 is 8.50. The molecule has 24 heavy (non-hydrogen) atoms. The van der Waals surface area contributed by atoms with Gasteiger partial charge in [0.25, 0.3) is 5.91 Å². The third-order valence-corrected chi connectivity index (χ3v) is 5.08.